The van der Waals surface area contributed by atoms with Crippen LogP contribution in [-0.4, -0.2) is 37.1 Å². The summed E-state index contributed by atoms with van der Waals surface area (Å²) in [7, 11) is 1.64. The van der Waals surface area contributed by atoms with Crippen molar-refractivity contribution in [3.05, 3.63) is 36.0 Å². The maximum Gasteiger partial charge on any atom is 0.253 e. The van der Waals surface area contributed by atoms with Gasteiger partial charge in [-0.2, -0.15) is 0 Å². The third-order valence-electron chi connectivity index (χ3n) is 3.94. The van der Waals surface area contributed by atoms with E-state index in [4.69, 9.17) is 0 Å². The SMILES string of the molecule is CNC(=O)c1ccc(NC2CCNCC2)c2cccnc12. The molecule has 110 valence electrons. The Labute approximate surface area is 124 Å². The maximum absolute atomic E-state index is 11.9. The van der Waals surface area contributed by atoms with Crippen molar-refractivity contribution in [1.29, 1.82) is 0 Å². The van der Waals surface area contributed by atoms with Crippen molar-refractivity contribution in [2.24, 2.45) is 0 Å². The predicted octanol–water partition coefficient (Wildman–Crippen LogP) is 1.76. The number of pyridine rings is 1. The van der Waals surface area contributed by atoms with Crippen LogP contribution in [0.2, 0.25) is 0 Å². The maximum atomic E-state index is 11.9. The minimum atomic E-state index is -0.105. The van der Waals surface area contributed by atoms with E-state index in [2.05, 4.69) is 20.9 Å². The zero-order valence-electron chi connectivity index (χ0n) is 12.1. The van der Waals surface area contributed by atoms with Gasteiger partial charge in [0.25, 0.3) is 5.91 Å². The van der Waals surface area contributed by atoms with Crippen molar-refractivity contribution in [3.63, 3.8) is 0 Å². The number of carbonyl (C=O) groups is 1. The molecule has 2 aromatic rings. The second-order valence-electron chi connectivity index (χ2n) is 5.31. The van der Waals surface area contributed by atoms with Gasteiger partial charge in [0, 0.05) is 30.4 Å². The van der Waals surface area contributed by atoms with Crippen LogP contribution in [0.3, 0.4) is 0 Å². The summed E-state index contributed by atoms with van der Waals surface area (Å²) < 4.78 is 0. The molecule has 0 spiro atoms. The summed E-state index contributed by atoms with van der Waals surface area (Å²) in [6.45, 7) is 2.09. The highest BCUT2D eigenvalue weighted by Crippen LogP contribution is 2.26. The Bertz CT molecular complexity index is 650. The second kappa shape index (κ2) is 6.10. The number of aromatic nitrogens is 1. The first-order valence-corrected chi connectivity index (χ1v) is 7.36. The molecule has 5 nitrogen and oxygen atoms in total. The molecule has 1 aromatic carbocycles. The molecular weight excluding hydrogens is 264 g/mol. The molecule has 0 bridgehead atoms. The Morgan fingerprint density at radius 2 is 2.10 bits per heavy atom. The average Bonchev–Trinajstić information content (AvgIpc) is 2.55. The first-order valence-electron chi connectivity index (χ1n) is 7.36. The highest BCUT2D eigenvalue weighted by Gasteiger charge is 2.16. The van der Waals surface area contributed by atoms with Crippen LogP contribution in [-0.2, 0) is 0 Å². The molecule has 1 saturated heterocycles. The van der Waals surface area contributed by atoms with Crippen LogP contribution in [0.4, 0.5) is 5.69 Å². The lowest BCUT2D eigenvalue weighted by Gasteiger charge is -2.25. The lowest BCUT2D eigenvalue weighted by molar-refractivity contribution is 0.0964. The number of benzene rings is 1. The highest BCUT2D eigenvalue weighted by atomic mass is 16.1. The summed E-state index contributed by atoms with van der Waals surface area (Å²) in [5, 5.41) is 10.6. The van der Waals surface area contributed by atoms with E-state index in [-0.39, 0.29) is 5.91 Å². The molecular formula is C16H20N4O. The lowest BCUT2D eigenvalue weighted by Crippen LogP contribution is -2.35. The number of rotatable bonds is 3. The first kappa shape index (κ1) is 13.8. The molecule has 0 saturated carbocycles. The van der Waals surface area contributed by atoms with Crippen LogP contribution in [0, 0.1) is 0 Å². The molecule has 1 aromatic heterocycles. The molecule has 0 aliphatic carbocycles. The Kier molecular flexibility index (Phi) is 4.01. The molecule has 0 radical (unpaired) electrons. The number of anilines is 1. The molecule has 5 heteroatoms. The molecule has 0 atom stereocenters. The van der Waals surface area contributed by atoms with Crippen LogP contribution in [0.5, 0.6) is 0 Å². The highest BCUT2D eigenvalue weighted by molar-refractivity contribution is 6.08. The van der Waals surface area contributed by atoms with E-state index in [1.807, 2.05) is 24.3 Å². The van der Waals surface area contributed by atoms with Gasteiger partial charge in [-0.1, -0.05) is 0 Å². The van der Waals surface area contributed by atoms with E-state index in [1.54, 1.807) is 13.2 Å². The van der Waals surface area contributed by atoms with Gasteiger partial charge in [-0.05, 0) is 50.2 Å². The number of nitrogens with one attached hydrogen (secondary N) is 3. The fourth-order valence-electron chi connectivity index (χ4n) is 2.80. The topological polar surface area (TPSA) is 66.1 Å². The fourth-order valence-corrected chi connectivity index (χ4v) is 2.80. The number of amides is 1. The number of fused-ring (bicyclic) bond motifs is 1. The predicted molar refractivity (Wildman–Crippen MR) is 84.6 cm³/mol. The summed E-state index contributed by atoms with van der Waals surface area (Å²) in [5.41, 5.74) is 2.41. The minimum Gasteiger partial charge on any atom is -0.382 e. The number of nitrogens with zero attached hydrogens (tertiary/aromatic N) is 1. The standard InChI is InChI=1S/C16H20N4O/c1-17-16(21)13-4-5-14(12-3-2-8-19-15(12)13)20-11-6-9-18-10-7-11/h2-5,8,11,18,20H,6-7,9-10H2,1H3,(H,17,21). The van der Waals surface area contributed by atoms with E-state index in [9.17, 15) is 4.79 Å². The van der Waals surface area contributed by atoms with Crippen molar-refractivity contribution in [2.75, 3.05) is 25.5 Å². The monoisotopic (exact) mass is 284 g/mol. The zero-order chi connectivity index (χ0) is 14.7. The molecule has 1 amide bonds. The Morgan fingerprint density at radius 1 is 1.29 bits per heavy atom. The van der Waals surface area contributed by atoms with Crippen LogP contribution in [0.1, 0.15) is 23.2 Å². The van der Waals surface area contributed by atoms with Crippen LogP contribution >= 0.6 is 0 Å². The molecule has 2 heterocycles. The summed E-state index contributed by atoms with van der Waals surface area (Å²) >= 11 is 0. The van der Waals surface area contributed by atoms with Crippen molar-refractivity contribution in [1.82, 2.24) is 15.6 Å². The van der Waals surface area contributed by atoms with Crippen molar-refractivity contribution >= 4 is 22.5 Å². The quantitative estimate of drug-likeness (QED) is 0.803. The number of hydrogen-bond acceptors (Lipinski definition) is 4. The fraction of sp³-hybridized carbons (Fsp3) is 0.375. The van der Waals surface area contributed by atoms with Gasteiger partial charge in [0.15, 0.2) is 0 Å². The van der Waals surface area contributed by atoms with Gasteiger partial charge >= 0.3 is 0 Å². The third kappa shape index (κ3) is 2.83. The second-order valence-corrected chi connectivity index (χ2v) is 5.31. The Morgan fingerprint density at radius 3 is 2.86 bits per heavy atom. The van der Waals surface area contributed by atoms with E-state index in [1.165, 1.54) is 0 Å². The van der Waals surface area contributed by atoms with Crippen LogP contribution in [0.15, 0.2) is 30.5 Å². The number of carbonyl (C=O) groups excluding carboxylic acids is 1. The Hall–Kier alpha value is -2.14. The summed E-state index contributed by atoms with van der Waals surface area (Å²) in [4.78, 5) is 16.3. The van der Waals surface area contributed by atoms with Crippen molar-refractivity contribution in [3.8, 4) is 0 Å². The van der Waals surface area contributed by atoms with Gasteiger partial charge in [-0.3, -0.25) is 9.78 Å². The van der Waals surface area contributed by atoms with Crippen molar-refractivity contribution < 1.29 is 4.79 Å². The normalized spacial score (nSPS) is 15.9. The van der Waals surface area contributed by atoms with E-state index < -0.39 is 0 Å². The first-order chi connectivity index (χ1) is 10.3. The van der Waals surface area contributed by atoms with Crippen LogP contribution < -0.4 is 16.0 Å². The van der Waals surface area contributed by atoms with E-state index in [0.717, 1.165) is 42.5 Å². The smallest absolute Gasteiger partial charge is 0.253 e. The van der Waals surface area contributed by atoms with E-state index in [0.29, 0.717) is 11.6 Å². The van der Waals surface area contributed by atoms with E-state index >= 15 is 0 Å². The van der Waals surface area contributed by atoms with Crippen molar-refractivity contribution in [2.45, 2.75) is 18.9 Å². The molecule has 1 aliphatic rings. The molecule has 1 fully saturated rings. The van der Waals surface area contributed by atoms with Crippen LogP contribution in [0.25, 0.3) is 10.9 Å². The van der Waals surface area contributed by atoms with Gasteiger partial charge < -0.3 is 16.0 Å². The average molecular weight is 284 g/mol. The molecule has 3 N–H and O–H groups in total. The number of piperidine rings is 1. The molecule has 21 heavy (non-hydrogen) atoms. The lowest BCUT2D eigenvalue weighted by atomic mass is 10.0. The minimum absolute atomic E-state index is 0.105. The third-order valence-corrected chi connectivity index (χ3v) is 3.94. The summed E-state index contributed by atoms with van der Waals surface area (Å²) in [6, 6.07) is 8.22. The largest absolute Gasteiger partial charge is 0.382 e. The molecule has 3 rings (SSSR count). The van der Waals surface area contributed by atoms with Gasteiger partial charge in [-0.15, -0.1) is 0 Å². The number of hydrogen-bond donors (Lipinski definition) is 3. The molecule has 1 aliphatic heterocycles. The summed E-state index contributed by atoms with van der Waals surface area (Å²) in [6.07, 6.45) is 3.95. The Balaban J connectivity index is 1.98. The molecule has 0 unspecified atom stereocenters. The van der Waals surface area contributed by atoms with Gasteiger partial charge in [-0.25, -0.2) is 0 Å². The van der Waals surface area contributed by atoms with Gasteiger partial charge in [0.1, 0.15) is 0 Å². The van der Waals surface area contributed by atoms with Gasteiger partial charge in [0.2, 0.25) is 0 Å². The van der Waals surface area contributed by atoms with Gasteiger partial charge in [0.05, 0.1) is 11.1 Å². The zero-order valence-corrected chi connectivity index (χ0v) is 12.1. The summed E-state index contributed by atoms with van der Waals surface area (Å²) in [5.74, 6) is -0.105.